The lowest BCUT2D eigenvalue weighted by Crippen LogP contribution is -2.40. The summed E-state index contributed by atoms with van der Waals surface area (Å²) >= 11 is 0. The summed E-state index contributed by atoms with van der Waals surface area (Å²) in [6.07, 6.45) is 1.17. The second-order valence-electron chi connectivity index (χ2n) is 6.52. The zero-order valence-electron chi connectivity index (χ0n) is 16.1. The van der Waals surface area contributed by atoms with Gasteiger partial charge in [0.2, 0.25) is 0 Å². The molecule has 2 amide bonds. The van der Waals surface area contributed by atoms with E-state index in [4.69, 9.17) is 4.74 Å². The zero-order chi connectivity index (χ0) is 20.0. The number of nitrogens with zero attached hydrogens (tertiary/aromatic N) is 1. The first-order valence-corrected chi connectivity index (χ1v) is 10.6. The number of nitrogens with one attached hydrogen (secondary N) is 1. The first kappa shape index (κ1) is 20.8. The van der Waals surface area contributed by atoms with Gasteiger partial charge < -0.3 is 15.0 Å². The standard InChI is InChI=1S/C20H26N2O4S/c1-15-5-9-18(10-6-15)26-14-13-21-20(23)22(3)16(2)17-7-11-19(12-8-17)27(4,24)25/h5-12,16H,13-14H2,1-4H3,(H,21,23)/t16-/m0/s1. The molecule has 1 atom stereocenters. The van der Waals surface area contributed by atoms with Crippen molar-refractivity contribution in [1.29, 1.82) is 0 Å². The van der Waals surface area contributed by atoms with E-state index >= 15 is 0 Å². The number of ether oxygens (including phenoxy) is 1. The number of carbonyl (C=O) groups excluding carboxylic acids is 1. The van der Waals surface area contributed by atoms with Gasteiger partial charge in [-0.15, -0.1) is 0 Å². The lowest BCUT2D eigenvalue weighted by molar-refractivity contribution is 0.191. The third-order valence-corrected chi connectivity index (χ3v) is 5.49. The van der Waals surface area contributed by atoms with E-state index in [1.807, 2.05) is 38.1 Å². The van der Waals surface area contributed by atoms with Gasteiger partial charge in [-0.3, -0.25) is 0 Å². The van der Waals surface area contributed by atoms with Gasteiger partial charge in [-0.2, -0.15) is 0 Å². The maximum absolute atomic E-state index is 12.3. The third-order valence-electron chi connectivity index (χ3n) is 4.36. The highest BCUT2D eigenvalue weighted by molar-refractivity contribution is 7.90. The minimum absolute atomic E-state index is 0.198. The zero-order valence-corrected chi connectivity index (χ0v) is 16.9. The molecule has 2 aromatic rings. The van der Waals surface area contributed by atoms with Crippen LogP contribution in [0.4, 0.5) is 4.79 Å². The molecule has 1 N–H and O–H groups in total. The van der Waals surface area contributed by atoms with Gasteiger partial charge in [-0.25, -0.2) is 13.2 Å². The minimum Gasteiger partial charge on any atom is -0.492 e. The highest BCUT2D eigenvalue weighted by atomic mass is 32.2. The van der Waals surface area contributed by atoms with Crippen LogP contribution in [-0.4, -0.2) is 45.8 Å². The van der Waals surface area contributed by atoms with Gasteiger partial charge in [0.15, 0.2) is 9.84 Å². The van der Waals surface area contributed by atoms with Crippen LogP contribution in [0.3, 0.4) is 0 Å². The Kier molecular flexibility index (Phi) is 6.85. The molecular formula is C20H26N2O4S. The van der Waals surface area contributed by atoms with Crippen molar-refractivity contribution in [2.75, 3.05) is 26.5 Å². The summed E-state index contributed by atoms with van der Waals surface area (Å²) in [7, 11) is -1.53. The van der Waals surface area contributed by atoms with Gasteiger partial charge in [0, 0.05) is 13.3 Å². The van der Waals surface area contributed by atoms with Crippen LogP contribution in [0.1, 0.15) is 24.1 Å². The fourth-order valence-corrected chi connectivity index (χ4v) is 3.11. The van der Waals surface area contributed by atoms with Crippen LogP contribution in [-0.2, 0) is 9.84 Å². The first-order chi connectivity index (χ1) is 12.7. The van der Waals surface area contributed by atoms with Crippen LogP contribution >= 0.6 is 0 Å². The molecule has 0 fully saturated rings. The molecule has 0 saturated heterocycles. The molecule has 0 aliphatic rings. The molecule has 146 valence electrons. The van der Waals surface area contributed by atoms with Crippen LogP contribution in [0.25, 0.3) is 0 Å². The summed E-state index contributed by atoms with van der Waals surface area (Å²) in [5.41, 5.74) is 2.02. The summed E-state index contributed by atoms with van der Waals surface area (Å²) in [6, 6.07) is 13.9. The molecule has 2 aromatic carbocycles. The molecule has 0 saturated carbocycles. The topological polar surface area (TPSA) is 75.7 Å². The van der Waals surface area contributed by atoms with Crippen LogP contribution in [0.2, 0.25) is 0 Å². The van der Waals surface area contributed by atoms with E-state index in [2.05, 4.69) is 5.32 Å². The van der Waals surface area contributed by atoms with Gasteiger partial charge in [0.25, 0.3) is 0 Å². The van der Waals surface area contributed by atoms with E-state index in [0.717, 1.165) is 16.9 Å². The maximum Gasteiger partial charge on any atom is 0.317 e. The van der Waals surface area contributed by atoms with Crippen molar-refractivity contribution in [3.05, 3.63) is 59.7 Å². The number of benzene rings is 2. The highest BCUT2D eigenvalue weighted by Crippen LogP contribution is 2.20. The number of aryl methyl sites for hydroxylation is 1. The lowest BCUT2D eigenvalue weighted by atomic mass is 10.1. The number of amides is 2. The number of urea groups is 1. The van der Waals surface area contributed by atoms with Gasteiger partial charge in [-0.1, -0.05) is 29.8 Å². The Balaban J connectivity index is 1.83. The predicted molar refractivity (Wildman–Crippen MR) is 106 cm³/mol. The van der Waals surface area contributed by atoms with Crippen molar-refractivity contribution in [1.82, 2.24) is 10.2 Å². The van der Waals surface area contributed by atoms with Crippen LogP contribution < -0.4 is 10.1 Å². The summed E-state index contributed by atoms with van der Waals surface area (Å²) in [6.45, 7) is 4.66. The van der Waals surface area contributed by atoms with E-state index in [1.54, 1.807) is 36.2 Å². The van der Waals surface area contributed by atoms with Crippen molar-refractivity contribution in [2.24, 2.45) is 0 Å². The molecule has 2 rings (SSSR count). The molecule has 0 aliphatic heterocycles. The molecule has 7 heteroatoms. The van der Waals surface area contributed by atoms with Crippen molar-refractivity contribution < 1.29 is 17.9 Å². The summed E-state index contributed by atoms with van der Waals surface area (Å²) < 4.78 is 28.7. The number of hydrogen-bond donors (Lipinski definition) is 1. The molecule has 6 nitrogen and oxygen atoms in total. The lowest BCUT2D eigenvalue weighted by Gasteiger charge is -2.25. The largest absolute Gasteiger partial charge is 0.492 e. The fourth-order valence-electron chi connectivity index (χ4n) is 2.48. The van der Waals surface area contributed by atoms with E-state index < -0.39 is 9.84 Å². The van der Waals surface area contributed by atoms with Crippen LogP contribution in [0, 0.1) is 6.92 Å². The van der Waals surface area contributed by atoms with Gasteiger partial charge in [-0.05, 0) is 43.7 Å². The van der Waals surface area contributed by atoms with Gasteiger partial charge >= 0.3 is 6.03 Å². The number of carbonyl (C=O) groups is 1. The average Bonchev–Trinajstić information content (AvgIpc) is 2.64. The molecule has 0 unspecified atom stereocenters. The third kappa shape index (κ3) is 5.99. The van der Waals surface area contributed by atoms with Crippen LogP contribution in [0.15, 0.2) is 53.4 Å². The van der Waals surface area contributed by atoms with Crippen LogP contribution in [0.5, 0.6) is 5.75 Å². The van der Waals surface area contributed by atoms with Gasteiger partial charge in [0.05, 0.1) is 17.5 Å². The maximum atomic E-state index is 12.3. The van der Waals surface area contributed by atoms with Crippen molar-refractivity contribution >= 4 is 15.9 Å². The molecule has 0 spiro atoms. The Bertz CT molecular complexity index is 862. The molecular weight excluding hydrogens is 364 g/mol. The molecule has 0 aromatic heterocycles. The van der Waals surface area contributed by atoms with Gasteiger partial charge in [0.1, 0.15) is 12.4 Å². The molecule has 0 aliphatic carbocycles. The molecule has 0 heterocycles. The normalized spacial score (nSPS) is 12.3. The summed E-state index contributed by atoms with van der Waals surface area (Å²) in [4.78, 5) is 14.1. The van der Waals surface area contributed by atoms with Crippen molar-refractivity contribution in [3.63, 3.8) is 0 Å². The Morgan fingerprint density at radius 3 is 2.26 bits per heavy atom. The summed E-state index contributed by atoms with van der Waals surface area (Å²) in [5.74, 6) is 0.766. The van der Waals surface area contributed by atoms with Crippen molar-refractivity contribution in [3.8, 4) is 5.75 Å². The quantitative estimate of drug-likeness (QED) is 0.737. The Morgan fingerprint density at radius 1 is 1.11 bits per heavy atom. The first-order valence-electron chi connectivity index (χ1n) is 8.68. The number of hydrogen-bond acceptors (Lipinski definition) is 4. The van der Waals surface area contributed by atoms with E-state index in [-0.39, 0.29) is 17.0 Å². The number of rotatable bonds is 7. The highest BCUT2D eigenvalue weighted by Gasteiger charge is 2.17. The molecule has 0 bridgehead atoms. The SMILES string of the molecule is Cc1ccc(OCCNC(=O)N(C)[C@@H](C)c2ccc(S(C)(=O)=O)cc2)cc1. The minimum atomic E-state index is -3.23. The molecule has 27 heavy (non-hydrogen) atoms. The predicted octanol–water partition coefficient (Wildman–Crippen LogP) is 3.18. The van der Waals surface area contributed by atoms with E-state index in [9.17, 15) is 13.2 Å². The smallest absolute Gasteiger partial charge is 0.317 e. The Labute approximate surface area is 161 Å². The average molecular weight is 391 g/mol. The second-order valence-corrected chi connectivity index (χ2v) is 8.54. The van der Waals surface area contributed by atoms with E-state index in [0.29, 0.717) is 13.2 Å². The fraction of sp³-hybridized carbons (Fsp3) is 0.350. The summed E-state index contributed by atoms with van der Waals surface area (Å²) in [5, 5.41) is 2.82. The second kappa shape index (κ2) is 8.90. The molecule has 0 radical (unpaired) electrons. The van der Waals surface area contributed by atoms with Crippen molar-refractivity contribution in [2.45, 2.75) is 24.8 Å². The Morgan fingerprint density at radius 2 is 1.70 bits per heavy atom. The number of sulfone groups is 1. The van der Waals surface area contributed by atoms with E-state index in [1.165, 1.54) is 6.26 Å². The Hall–Kier alpha value is -2.54. The monoisotopic (exact) mass is 390 g/mol.